The maximum Gasteiger partial charge on any atom is 0.414 e. The van der Waals surface area contributed by atoms with Crippen LogP contribution in [0.15, 0.2) is 72.0 Å². The van der Waals surface area contributed by atoms with Gasteiger partial charge in [-0.05, 0) is 60.5 Å². The van der Waals surface area contributed by atoms with Crippen molar-refractivity contribution >= 4 is 29.5 Å². The van der Waals surface area contributed by atoms with E-state index in [4.69, 9.17) is 28.4 Å². The van der Waals surface area contributed by atoms with Gasteiger partial charge in [-0.25, -0.2) is 14.4 Å². The predicted molar refractivity (Wildman–Crippen MR) is 136 cm³/mol. The molecular weight excluding hydrogens is 496 g/mol. The van der Waals surface area contributed by atoms with Crippen LogP contribution in [-0.4, -0.2) is 52.4 Å². The van der Waals surface area contributed by atoms with E-state index in [1.165, 1.54) is 13.4 Å². The lowest BCUT2D eigenvalue weighted by Crippen LogP contribution is -2.39. The van der Waals surface area contributed by atoms with E-state index in [1.807, 2.05) is 6.08 Å². The molecule has 1 heterocycles. The van der Waals surface area contributed by atoms with Crippen molar-refractivity contribution in [3.63, 3.8) is 0 Å². The van der Waals surface area contributed by atoms with E-state index < -0.39 is 30.4 Å². The van der Waals surface area contributed by atoms with Crippen LogP contribution in [0, 0.1) is 11.8 Å². The molecule has 1 aliphatic carbocycles. The van der Waals surface area contributed by atoms with Gasteiger partial charge in [-0.3, -0.25) is 10.6 Å². The van der Waals surface area contributed by atoms with Gasteiger partial charge >= 0.3 is 18.2 Å². The highest BCUT2D eigenvalue weighted by Gasteiger charge is 2.46. The summed E-state index contributed by atoms with van der Waals surface area (Å²) in [6, 6.07) is 13.5. The minimum absolute atomic E-state index is 0.0963. The summed E-state index contributed by atoms with van der Waals surface area (Å²) >= 11 is 0. The van der Waals surface area contributed by atoms with Gasteiger partial charge in [0.15, 0.2) is 0 Å². The summed E-state index contributed by atoms with van der Waals surface area (Å²) in [4.78, 5) is 37.4. The summed E-state index contributed by atoms with van der Waals surface area (Å²) in [7, 11) is 4.37. The van der Waals surface area contributed by atoms with Crippen molar-refractivity contribution in [2.45, 2.75) is 12.7 Å². The topological polar surface area (TPSA) is 131 Å². The molecule has 0 radical (unpaired) electrons. The summed E-state index contributed by atoms with van der Waals surface area (Å²) in [5.74, 6) is -0.198. The fourth-order valence-corrected chi connectivity index (χ4v) is 4.29. The molecule has 0 fully saturated rings. The fourth-order valence-electron chi connectivity index (χ4n) is 4.29. The number of nitrogens with one attached hydrogen (secondary N) is 2. The van der Waals surface area contributed by atoms with E-state index in [2.05, 4.69) is 10.6 Å². The Morgan fingerprint density at radius 1 is 0.868 bits per heavy atom. The van der Waals surface area contributed by atoms with Gasteiger partial charge in [0, 0.05) is 17.3 Å². The number of allylic oxidation sites excluding steroid dienone is 1. The summed E-state index contributed by atoms with van der Waals surface area (Å²) < 4.78 is 31.8. The number of anilines is 2. The molecule has 11 heteroatoms. The highest BCUT2D eigenvalue weighted by Crippen LogP contribution is 2.44. The summed E-state index contributed by atoms with van der Waals surface area (Å²) in [5, 5.41) is 5.27. The van der Waals surface area contributed by atoms with E-state index in [9.17, 15) is 14.4 Å². The highest BCUT2D eigenvalue weighted by atomic mass is 16.7. The number of benzene rings is 2. The van der Waals surface area contributed by atoms with Crippen molar-refractivity contribution < 1.29 is 42.8 Å². The zero-order chi connectivity index (χ0) is 27.1. The zero-order valence-corrected chi connectivity index (χ0v) is 21.1. The van der Waals surface area contributed by atoms with Gasteiger partial charge in [0.1, 0.15) is 18.1 Å². The van der Waals surface area contributed by atoms with Crippen molar-refractivity contribution in [1.29, 1.82) is 0 Å². The van der Waals surface area contributed by atoms with Crippen LogP contribution in [0.5, 0.6) is 11.5 Å². The number of rotatable bonds is 8. The molecule has 1 unspecified atom stereocenters. The maximum absolute atomic E-state index is 12.6. The predicted octanol–water partition coefficient (Wildman–Crippen LogP) is 4.48. The van der Waals surface area contributed by atoms with E-state index in [0.717, 1.165) is 0 Å². The standard InChI is InChI=1S/C27H28N2O9/c1-33-19-9-5-17(6-10-19)28-26(31)37-14-16-4-13-21-22(24(30)35-3)15-36-25(23(16)21)38-27(32)29-18-7-11-20(34-2)12-8-18/h4-12,15,21,23,25H,13-14H2,1-3H3,(H,28,31)(H,29,32)/t21-,23-,25?/m1/s1. The molecule has 38 heavy (non-hydrogen) atoms. The number of carbonyl (C=O) groups excluding carboxylic acids is 3. The van der Waals surface area contributed by atoms with Crippen molar-refractivity contribution in [2.24, 2.45) is 11.8 Å². The molecule has 0 saturated carbocycles. The van der Waals surface area contributed by atoms with Gasteiger partial charge in [0.25, 0.3) is 6.29 Å². The molecule has 0 saturated heterocycles. The van der Waals surface area contributed by atoms with Crippen LogP contribution in [0.3, 0.4) is 0 Å². The number of hydrogen-bond donors (Lipinski definition) is 2. The average molecular weight is 525 g/mol. The third kappa shape index (κ3) is 6.17. The molecule has 3 atom stereocenters. The van der Waals surface area contributed by atoms with E-state index in [0.29, 0.717) is 40.4 Å². The maximum atomic E-state index is 12.6. The van der Waals surface area contributed by atoms with Gasteiger partial charge in [0.2, 0.25) is 0 Å². The Labute approximate surface area is 219 Å². The van der Waals surface area contributed by atoms with Crippen LogP contribution in [0.4, 0.5) is 21.0 Å². The molecule has 0 aromatic heterocycles. The molecule has 11 nitrogen and oxygen atoms in total. The third-order valence-electron chi connectivity index (χ3n) is 6.20. The summed E-state index contributed by atoms with van der Waals surface area (Å²) in [6.45, 7) is -0.0963. The summed E-state index contributed by atoms with van der Waals surface area (Å²) in [5.41, 5.74) is 1.98. The monoisotopic (exact) mass is 524 g/mol. The third-order valence-corrected chi connectivity index (χ3v) is 6.20. The Bertz CT molecular complexity index is 1220. The second-order valence-electron chi connectivity index (χ2n) is 8.40. The molecule has 2 N–H and O–H groups in total. The Morgan fingerprint density at radius 2 is 1.45 bits per heavy atom. The molecule has 1 aliphatic heterocycles. The number of hydrogen-bond acceptors (Lipinski definition) is 9. The van der Waals surface area contributed by atoms with Gasteiger partial charge in [-0.2, -0.15) is 0 Å². The quantitative estimate of drug-likeness (QED) is 0.292. The van der Waals surface area contributed by atoms with Crippen LogP contribution in [0.25, 0.3) is 0 Å². The molecule has 2 aromatic carbocycles. The Kier molecular flexibility index (Phi) is 8.37. The number of esters is 1. The SMILES string of the molecule is COC(=O)C1=COC(OC(=O)Nc2ccc(OC)cc2)[C@@H]2C(COC(=O)Nc3ccc(OC)cc3)=CC[C@H]12. The number of methoxy groups -OCH3 is 3. The largest absolute Gasteiger partial charge is 0.497 e. The first-order valence-electron chi connectivity index (χ1n) is 11.7. The molecule has 200 valence electrons. The Balaban J connectivity index is 1.41. The first-order valence-corrected chi connectivity index (χ1v) is 11.7. The Morgan fingerprint density at radius 3 is 2.00 bits per heavy atom. The van der Waals surface area contributed by atoms with Gasteiger partial charge in [-0.1, -0.05) is 6.08 Å². The van der Waals surface area contributed by atoms with Crippen molar-refractivity contribution in [2.75, 3.05) is 38.6 Å². The number of carbonyl (C=O) groups is 3. The normalized spacial score (nSPS) is 19.5. The number of ether oxygens (including phenoxy) is 6. The zero-order valence-electron chi connectivity index (χ0n) is 21.1. The van der Waals surface area contributed by atoms with Crippen molar-refractivity contribution in [3.05, 3.63) is 72.0 Å². The van der Waals surface area contributed by atoms with Crippen LogP contribution in [0.2, 0.25) is 0 Å². The average Bonchev–Trinajstić information content (AvgIpc) is 3.37. The van der Waals surface area contributed by atoms with Crippen LogP contribution in [0.1, 0.15) is 6.42 Å². The molecule has 0 spiro atoms. The molecule has 4 rings (SSSR count). The number of fused-ring (bicyclic) bond motifs is 1. The number of amides is 2. The first kappa shape index (κ1) is 26.4. The van der Waals surface area contributed by atoms with E-state index in [-0.39, 0.29) is 12.5 Å². The summed E-state index contributed by atoms with van der Waals surface area (Å²) in [6.07, 6.45) is 1.07. The molecular formula is C27H28N2O9. The van der Waals surface area contributed by atoms with Gasteiger partial charge < -0.3 is 28.4 Å². The van der Waals surface area contributed by atoms with Gasteiger partial charge in [0.05, 0.1) is 39.1 Å². The lowest BCUT2D eigenvalue weighted by Gasteiger charge is -2.34. The first-order chi connectivity index (χ1) is 18.4. The van der Waals surface area contributed by atoms with Crippen molar-refractivity contribution in [3.8, 4) is 11.5 Å². The lowest BCUT2D eigenvalue weighted by atomic mass is 9.83. The van der Waals surface area contributed by atoms with Crippen LogP contribution < -0.4 is 20.1 Å². The van der Waals surface area contributed by atoms with Crippen LogP contribution in [-0.2, 0) is 23.7 Å². The Hall–Kier alpha value is -4.67. The lowest BCUT2D eigenvalue weighted by molar-refractivity contribution is -0.141. The van der Waals surface area contributed by atoms with Crippen LogP contribution >= 0.6 is 0 Å². The van der Waals surface area contributed by atoms with E-state index in [1.54, 1.807) is 62.8 Å². The highest BCUT2D eigenvalue weighted by molar-refractivity contribution is 5.89. The van der Waals surface area contributed by atoms with Crippen molar-refractivity contribution in [1.82, 2.24) is 0 Å². The molecule has 0 bridgehead atoms. The molecule has 2 amide bonds. The second-order valence-corrected chi connectivity index (χ2v) is 8.40. The minimum Gasteiger partial charge on any atom is -0.497 e. The molecule has 2 aromatic rings. The minimum atomic E-state index is -1.06. The molecule has 2 aliphatic rings. The smallest absolute Gasteiger partial charge is 0.414 e. The second kappa shape index (κ2) is 12.0. The van der Waals surface area contributed by atoms with Gasteiger partial charge in [-0.15, -0.1) is 0 Å². The van der Waals surface area contributed by atoms with E-state index >= 15 is 0 Å². The fraction of sp³-hybridized carbons (Fsp3) is 0.296.